The highest BCUT2D eigenvalue weighted by Gasteiger charge is 2.24. The van der Waals surface area contributed by atoms with Gasteiger partial charge in [-0.1, -0.05) is 12.1 Å². The second-order valence-corrected chi connectivity index (χ2v) is 9.19. The topological polar surface area (TPSA) is 96.5 Å². The molecule has 150 valence electrons. The Bertz CT molecular complexity index is 730. The molecule has 1 amide bonds. The van der Waals surface area contributed by atoms with Gasteiger partial charge in [-0.25, -0.2) is 13.1 Å². The predicted octanol–water partition coefficient (Wildman–Crippen LogP) is 1.15. The number of amides is 1. The van der Waals surface area contributed by atoms with Crippen LogP contribution in [0.25, 0.3) is 0 Å². The third-order valence-electron chi connectivity index (χ3n) is 5.22. The fraction of sp³-hybridized carbons (Fsp3) is 0.632. The van der Waals surface area contributed by atoms with Crippen molar-refractivity contribution >= 4 is 15.9 Å². The zero-order chi connectivity index (χ0) is 19.3. The SMILES string of the molecule is C[C@H]1C[C@@H](C(=O)NCc2ccc(S(=O)(=O)NCC3CCCO3)cc2)CCN1. The van der Waals surface area contributed by atoms with Crippen LogP contribution in [0.2, 0.25) is 0 Å². The van der Waals surface area contributed by atoms with Crippen LogP contribution < -0.4 is 15.4 Å². The van der Waals surface area contributed by atoms with E-state index in [-0.39, 0.29) is 22.8 Å². The first-order chi connectivity index (χ1) is 12.9. The number of ether oxygens (including phenoxy) is 1. The van der Waals surface area contributed by atoms with Crippen molar-refractivity contribution in [3.05, 3.63) is 29.8 Å². The van der Waals surface area contributed by atoms with Crippen LogP contribution in [0, 0.1) is 5.92 Å². The van der Waals surface area contributed by atoms with Crippen molar-refractivity contribution in [1.82, 2.24) is 15.4 Å². The number of hydrogen-bond acceptors (Lipinski definition) is 5. The average molecular weight is 396 g/mol. The third-order valence-corrected chi connectivity index (χ3v) is 6.66. The van der Waals surface area contributed by atoms with Crippen LogP contribution in [-0.2, 0) is 26.1 Å². The Hall–Kier alpha value is -1.48. The van der Waals surface area contributed by atoms with Crippen LogP contribution in [0.4, 0.5) is 0 Å². The van der Waals surface area contributed by atoms with Crippen LogP contribution in [0.1, 0.15) is 38.2 Å². The summed E-state index contributed by atoms with van der Waals surface area (Å²) in [6.07, 6.45) is 3.52. The Labute approximate surface area is 161 Å². The van der Waals surface area contributed by atoms with Gasteiger partial charge in [0.15, 0.2) is 0 Å². The maximum atomic E-state index is 12.4. The lowest BCUT2D eigenvalue weighted by Crippen LogP contribution is -2.42. The molecule has 7 nitrogen and oxygen atoms in total. The number of rotatable bonds is 7. The lowest BCUT2D eigenvalue weighted by Gasteiger charge is -2.27. The van der Waals surface area contributed by atoms with Gasteiger partial charge in [0, 0.05) is 31.7 Å². The van der Waals surface area contributed by atoms with Crippen LogP contribution in [-0.4, -0.2) is 46.2 Å². The molecule has 0 spiro atoms. The largest absolute Gasteiger partial charge is 0.377 e. The zero-order valence-corrected chi connectivity index (χ0v) is 16.6. The lowest BCUT2D eigenvalue weighted by molar-refractivity contribution is -0.126. The standard InChI is InChI=1S/C19H29N3O4S/c1-14-11-16(8-9-20-14)19(23)21-12-15-4-6-18(7-5-15)27(24,25)22-13-17-3-2-10-26-17/h4-7,14,16-17,20,22H,2-3,8-13H2,1H3,(H,21,23)/t14-,16-,17?/m0/s1. The monoisotopic (exact) mass is 395 g/mol. The van der Waals surface area contributed by atoms with E-state index in [0.29, 0.717) is 25.7 Å². The summed E-state index contributed by atoms with van der Waals surface area (Å²) in [5, 5.41) is 6.30. The van der Waals surface area contributed by atoms with Gasteiger partial charge in [0.1, 0.15) is 0 Å². The van der Waals surface area contributed by atoms with Crippen molar-refractivity contribution in [3.63, 3.8) is 0 Å². The van der Waals surface area contributed by atoms with E-state index in [1.54, 1.807) is 24.3 Å². The molecule has 1 unspecified atom stereocenters. The predicted molar refractivity (Wildman–Crippen MR) is 103 cm³/mol. The summed E-state index contributed by atoms with van der Waals surface area (Å²) in [5.74, 6) is 0.112. The van der Waals surface area contributed by atoms with E-state index >= 15 is 0 Å². The highest BCUT2D eigenvalue weighted by atomic mass is 32.2. The molecule has 1 aromatic carbocycles. The quantitative estimate of drug-likeness (QED) is 0.644. The van der Waals surface area contributed by atoms with E-state index in [2.05, 4.69) is 22.3 Å². The smallest absolute Gasteiger partial charge is 0.240 e. The van der Waals surface area contributed by atoms with Crippen molar-refractivity contribution in [2.75, 3.05) is 19.7 Å². The summed E-state index contributed by atoms with van der Waals surface area (Å²) in [4.78, 5) is 12.5. The minimum absolute atomic E-state index is 0.0352. The molecule has 2 aliphatic heterocycles. The molecule has 0 radical (unpaired) electrons. The normalized spacial score (nSPS) is 26.0. The highest BCUT2D eigenvalue weighted by molar-refractivity contribution is 7.89. The van der Waals surface area contributed by atoms with Gasteiger partial charge in [0.05, 0.1) is 11.0 Å². The molecule has 0 bridgehead atoms. The Morgan fingerprint density at radius 1 is 1.26 bits per heavy atom. The molecule has 0 aromatic heterocycles. The lowest BCUT2D eigenvalue weighted by atomic mass is 9.92. The molecule has 3 atom stereocenters. The molecule has 2 fully saturated rings. The molecular formula is C19H29N3O4S. The van der Waals surface area contributed by atoms with Crippen molar-refractivity contribution in [2.24, 2.45) is 5.92 Å². The van der Waals surface area contributed by atoms with E-state index < -0.39 is 10.0 Å². The zero-order valence-electron chi connectivity index (χ0n) is 15.7. The number of hydrogen-bond donors (Lipinski definition) is 3. The fourth-order valence-electron chi connectivity index (χ4n) is 3.58. The second-order valence-electron chi connectivity index (χ2n) is 7.43. The number of carbonyl (C=O) groups is 1. The fourth-order valence-corrected chi connectivity index (χ4v) is 4.65. The highest BCUT2D eigenvalue weighted by Crippen LogP contribution is 2.17. The number of benzene rings is 1. The first-order valence-corrected chi connectivity index (χ1v) is 11.1. The van der Waals surface area contributed by atoms with Crippen molar-refractivity contribution in [3.8, 4) is 0 Å². The molecule has 2 aliphatic rings. The van der Waals surface area contributed by atoms with Gasteiger partial charge in [0.2, 0.25) is 15.9 Å². The van der Waals surface area contributed by atoms with Gasteiger partial charge in [0.25, 0.3) is 0 Å². The first kappa shape index (κ1) is 20.3. The molecule has 1 aromatic rings. The minimum Gasteiger partial charge on any atom is -0.377 e. The Morgan fingerprint density at radius 3 is 2.70 bits per heavy atom. The summed E-state index contributed by atoms with van der Waals surface area (Å²) < 4.78 is 32.8. The molecule has 8 heteroatoms. The van der Waals surface area contributed by atoms with E-state index in [0.717, 1.165) is 37.8 Å². The number of sulfonamides is 1. The molecular weight excluding hydrogens is 366 g/mol. The second kappa shape index (κ2) is 9.14. The Kier molecular flexibility index (Phi) is 6.86. The van der Waals surface area contributed by atoms with Crippen molar-refractivity contribution in [2.45, 2.75) is 56.2 Å². The van der Waals surface area contributed by atoms with E-state index in [4.69, 9.17) is 4.74 Å². The average Bonchev–Trinajstić information content (AvgIpc) is 3.19. The van der Waals surface area contributed by atoms with Gasteiger partial charge in [-0.05, 0) is 56.8 Å². The van der Waals surface area contributed by atoms with Crippen LogP contribution in [0.5, 0.6) is 0 Å². The molecule has 2 saturated heterocycles. The summed E-state index contributed by atoms with van der Waals surface area (Å²) in [5.41, 5.74) is 0.878. The Balaban J connectivity index is 1.49. The van der Waals surface area contributed by atoms with Gasteiger partial charge in [-0.3, -0.25) is 4.79 Å². The van der Waals surface area contributed by atoms with E-state index in [1.807, 2.05) is 0 Å². The maximum Gasteiger partial charge on any atom is 0.240 e. The summed E-state index contributed by atoms with van der Waals surface area (Å²) in [7, 11) is -3.54. The van der Waals surface area contributed by atoms with E-state index in [1.165, 1.54) is 0 Å². The van der Waals surface area contributed by atoms with Crippen LogP contribution in [0.15, 0.2) is 29.2 Å². The number of nitrogens with one attached hydrogen (secondary N) is 3. The van der Waals surface area contributed by atoms with Crippen LogP contribution >= 0.6 is 0 Å². The summed E-state index contributed by atoms with van der Waals surface area (Å²) in [6.45, 7) is 4.36. The van der Waals surface area contributed by atoms with Gasteiger partial charge in [-0.15, -0.1) is 0 Å². The van der Waals surface area contributed by atoms with Crippen molar-refractivity contribution < 1.29 is 17.9 Å². The molecule has 0 saturated carbocycles. The van der Waals surface area contributed by atoms with Crippen molar-refractivity contribution in [1.29, 1.82) is 0 Å². The summed E-state index contributed by atoms with van der Waals surface area (Å²) >= 11 is 0. The van der Waals surface area contributed by atoms with Gasteiger partial charge >= 0.3 is 0 Å². The number of carbonyl (C=O) groups excluding carboxylic acids is 1. The molecule has 3 N–H and O–H groups in total. The molecule has 2 heterocycles. The maximum absolute atomic E-state index is 12.4. The van der Waals surface area contributed by atoms with E-state index in [9.17, 15) is 13.2 Å². The summed E-state index contributed by atoms with van der Waals surface area (Å²) in [6, 6.07) is 7.00. The first-order valence-electron chi connectivity index (χ1n) is 9.65. The molecule has 3 rings (SSSR count). The van der Waals surface area contributed by atoms with Gasteiger partial charge < -0.3 is 15.4 Å². The third kappa shape index (κ3) is 5.75. The van der Waals surface area contributed by atoms with Gasteiger partial charge in [-0.2, -0.15) is 0 Å². The van der Waals surface area contributed by atoms with Crippen LogP contribution in [0.3, 0.4) is 0 Å². The molecule has 0 aliphatic carbocycles. The molecule has 27 heavy (non-hydrogen) atoms. The minimum atomic E-state index is -3.54. The number of piperidine rings is 1. The Morgan fingerprint density at radius 2 is 2.04 bits per heavy atom.